The van der Waals surface area contributed by atoms with Crippen LogP contribution in [0.1, 0.15) is 16.2 Å². The van der Waals surface area contributed by atoms with Gasteiger partial charge < -0.3 is 4.42 Å². The number of halogens is 2. The number of nitrogens with zero attached hydrogens (tertiary/aromatic N) is 2. The molecule has 3 rings (SSSR count). The maximum absolute atomic E-state index is 5.99. The number of furan rings is 1. The van der Waals surface area contributed by atoms with Gasteiger partial charge in [0.25, 0.3) is 0 Å². The molecule has 0 bridgehead atoms. The first kappa shape index (κ1) is 15.6. The largest absolute Gasteiger partial charge is 0.468 e. The van der Waals surface area contributed by atoms with E-state index in [2.05, 4.69) is 27.4 Å². The van der Waals surface area contributed by atoms with Gasteiger partial charge in [-0.05, 0) is 41.3 Å². The van der Waals surface area contributed by atoms with Crippen LogP contribution in [0, 0.1) is 0 Å². The van der Waals surface area contributed by atoms with Crippen LogP contribution in [0.25, 0.3) is 0 Å². The Morgan fingerprint density at radius 1 is 1.05 bits per heavy atom. The lowest BCUT2D eigenvalue weighted by Crippen LogP contribution is -2.21. The monoisotopic (exact) mass is 352 g/mol. The van der Waals surface area contributed by atoms with Gasteiger partial charge in [-0.1, -0.05) is 29.3 Å². The van der Waals surface area contributed by atoms with E-state index >= 15 is 0 Å². The second-order valence-corrected chi connectivity index (χ2v) is 6.73. The molecule has 0 saturated carbocycles. The van der Waals surface area contributed by atoms with Crippen LogP contribution in [0.4, 0.5) is 0 Å². The molecule has 3 nitrogen and oxygen atoms in total. The minimum atomic E-state index is 0.413. The number of rotatable bonds is 6. The van der Waals surface area contributed by atoms with Gasteiger partial charge in [0.15, 0.2) is 0 Å². The average Bonchev–Trinajstić information content (AvgIpc) is 3.11. The van der Waals surface area contributed by atoms with Crippen molar-refractivity contribution in [3.8, 4) is 0 Å². The average molecular weight is 353 g/mol. The molecule has 3 aromatic rings. The van der Waals surface area contributed by atoms with Crippen LogP contribution in [0.2, 0.25) is 10.3 Å². The predicted octanol–water partition coefficient (Wildman–Crippen LogP) is 5.25. The summed E-state index contributed by atoms with van der Waals surface area (Å²) in [5.41, 5.74) is 1.04. The summed E-state index contributed by atoms with van der Waals surface area (Å²) in [5, 5.41) is 2.91. The lowest BCUT2D eigenvalue weighted by atomic mass is 10.2. The summed E-state index contributed by atoms with van der Waals surface area (Å²) in [7, 11) is 0. The van der Waals surface area contributed by atoms with E-state index in [-0.39, 0.29) is 0 Å². The molecule has 0 saturated heterocycles. The van der Waals surface area contributed by atoms with Crippen LogP contribution in [-0.4, -0.2) is 9.88 Å². The van der Waals surface area contributed by atoms with Crippen molar-refractivity contribution in [3.05, 3.63) is 74.5 Å². The zero-order valence-electron chi connectivity index (χ0n) is 11.7. The Bertz CT molecular complexity index is 657. The number of pyridine rings is 1. The lowest BCUT2D eigenvalue weighted by Gasteiger charge is -2.21. The molecule has 0 aromatic carbocycles. The Kier molecular flexibility index (Phi) is 5.16. The Labute approximate surface area is 143 Å². The summed E-state index contributed by atoms with van der Waals surface area (Å²) in [4.78, 5) is 7.58. The Hall–Kier alpha value is -1.33. The van der Waals surface area contributed by atoms with Crippen LogP contribution >= 0.6 is 34.5 Å². The van der Waals surface area contributed by atoms with E-state index in [1.54, 1.807) is 17.6 Å². The van der Waals surface area contributed by atoms with Crippen LogP contribution in [0.3, 0.4) is 0 Å². The van der Waals surface area contributed by atoms with Crippen molar-refractivity contribution in [2.75, 3.05) is 0 Å². The highest BCUT2D eigenvalue weighted by molar-refractivity contribution is 7.09. The minimum Gasteiger partial charge on any atom is -0.468 e. The summed E-state index contributed by atoms with van der Waals surface area (Å²) >= 11 is 13.7. The Morgan fingerprint density at radius 3 is 2.50 bits per heavy atom. The fourth-order valence-electron chi connectivity index (χ4n) is 2.28. The van der Waals surface area contributed by atoms with Crippen LogP contribution < -0.4 is 0 Å². The van der Waals surface area contributed by atoms with Crippen molar-refractivity contribution < 1.29 is 4.42 Å². The van der Waals surface area contributed by atoms with Crippen LogP contribution in [-0.2, 0) is 19.6 Å². The van der Waals surface area contributed by atoms with Gasteiger partial charge in [0, 0.05) is 18.0 Å². The quantitative estimate of drug-likeness (QED) is 0.567. The maximum Gasteiger partial charge on any atom is 0.131 e. The molecule has 0 radical (unpaired) electrons. The third-order valence-electron chi connectivity index (χ3n) is 3.15. The summed E-state index contributed by atoms with van der Waals surface area (Å²) in [6, 6.07) is 11.8. The molecule has 0 aliphatic rings. The number of thiophene rings is 1. The van der Waals surface area contributed by atoms with Gasteiger partial charge >= 0.3 is 0 Å². The zero-order valence-corrected chi connectivity index (χ0v) is 14.0. The molecular formula is C16H14Cl2N2OS. The van der Waals surface area contributed by atoms with Gasteiger partial charge in [-0.2, -0.15) is 0 Å². The molecule has 22 heavy (non-hydrogen) atoms. The van der Waals surface area contributed by atoms with Crippen molar-refractivity contribution >= 4 is 34.5 Å². The van der Waals surface area contributed by atoms with E-state index in [4.69, 9.17) is 27.6 Å². The van der Waals surface area contributed by atoms with E-state index in [1.807, 2.05) is 24.3 Å². The number of hydrogen-bond donors (Lipinski definition) is 0. The third-order valence-corrected chi connectivity index (χ3v) is 4.40. The van der Waals surface area contributed by atoms with Crippen molar-refractivity contribution in [2.45, 2.75) is 19.6 Å². The van der Waals surface area contributed by atoms with Gasteiger partial charge in [-0.15, -0.1) is 11.3 Å². The molecule has 0 aliphatic heterocycles. The fourth-order valence-corrected chi connectivity index (χ4v) is 3.53. The molecule has 0 unspecified atom stereocenters. The molecule has 3 heterocycles. The molecular weight excluding hydrogens is 339 g/mol. The molecule has 0 atom stereocenters. The second-order valence-electron chi connectivity index (χ2n) is 4.92. The van der Waals surface area contributed by atoms with Gasteiger partial charge in [0.1, 0.15) is 16.1 Å². The molecule has 114 valence electrons. The van der Waals surface area contributed by atoms with Crippen LogP contribution in [0.15, 0.2) is 52.5 Å². The van der Waals surface area contributed by atoms with Gasteiger partial charge in [0.2, 0.25) is 0 Å². The molecule has 0 spiro atoms. The lowest BCUT2D eigenvalue weighted by molar-refractivity contribution is 0.229. The normalized spacial score (nSPS) is 11.2. The smallest absolute Gasteiger partial charge is 0.131 e. The predicted molar refractivity (Wildman–Crippen MR) is 90.2 cm³/mol. The highest BCUT2D eigenvalue weighted by Crippen LogP contribution is 2.20. The van der Waals surface area contributed by atoms with E-state index in [9.17, 15) is 0 Å². The molecule has 0 fully saturated rings. The van der Waals surface area contributed by atoms with Gasteiger partial charge in [-0.25, -0.2) is 4.98 Å². The minimum absolute atomic E-state index is 0.413. The van der Waals surface area contributed by atoms with E-state index in [0.29, 0.717) is 10.3 Å². The second kappa shape index (κ2) is 7.29. The van der Waals surface area contributed by atoms with E-state index < -0.39 is 0 Å². The highest BCUT2D eigenvalue weighted by atomic mass is 35.5. The van der Waals surface area contributed by atoms with Crippen LogP contribution in [0.5, 0.6) is 0 Å². The fraction of sp³-hybridized carbons (Fsp3) is 0.188. The zero-order chi connectivity index (χ0) is 15.4. The van der Waals surface area contributed by atoms with Crippen molar-refractivity contribution in [3.63, 3.8) is 0 Å². The Morgan fingerprint density at radius 2 is 1.86 bits per heavy atom. The topological polar surface area (TPSA) is 29.3 Å². The van der Waals surface area contributed by atoms with Gasteiger partial charge in [-0.3, -0.25) is 4.90 Å². The van der Waals surface area contributed by atoms with Crippen molar-refractivity contribution in [1.29, 1.82) is 0 Å². The molecule has 0 N–H and O–H groups in total. The Balaban J connectivity index is 1.77. The molecule has 3 aromatic heterocycles. The van der Waals surface area contributed by atoms with E-state index in [1.165, 1.54) is 4.88 Å². The van der Waals surface area contributed by atoms with Crippen molar-refractivity contribution in [2.24, 2.45) is 0 Å². The van der Waals surface area contributed by atoms with E-state index in [0.717, 1.165) is 31.0 Å². The number of aromatic nitrogens is 1. The summed E-state index contributed by atoms with van der Waals surface area (Å²) in [5.74, 6) is 0.933. The summed E-state index contributed by atoms with van der Waals surface area (Å²) < 4.78 is 5.47. The standard InChI is InChI=1S/C16H14Cl2N2OS/c17-15-7-12(8-16(18)19-15)9-20(10-13-3-1-5-21-13)11-14-4-2-6-22-14/h1-8H,9-11H2. The molecule has 0 amide bonds. The first-order chi connectivity index (χ1) is 10.7. The van der Waals surface area contributed by atoms with Crippen molar-refractivity contribution in [1.82, 2.24) is 9.88 Å². The first-order valence-electron chi connectivity index (χ1n) is 6.78. The highest BCUT2D eigenvalue weighted by Gasteiger charge is 2.12. The molecule has 0 aliphatic carbocycles. The third kappa shape index (κ3) is 4.34. The number of hydrogen-bond acceptors (Lipinski definition) is 4. The SMILES string of the molecule is Clc1cc(CN(Cc2ccco2)Cc2cccs2)cc(Cl)n1. The summed E-state index contributed by atoms with van der Waals surface area (Å²) in [6.07, 6.45) is 1.69. The maximum atomic E-state index is 5.99. The molecule has 6 heteroatoms. The van der Waals surface area contributed by atoms with Gasteiger partial charge in [0.05, 0.1) is 12.8 Å². The summed E-state index contributed by atoms with van der Waals surface area (Å²) in [6.45, 7) is 2.29. The first-order valence-corrected chi connectivity index (χ1v) is 8.42.